The maximum atomic E-state index is 9.89. The van der Waals surface area contributed by atoms with Gasteiger partial charge in [0.25, 0.3) is 0 Å². The lowest BCUT2D eigenvalue weighted by molar-refractivity contribution is -0.0450. The van der Waals surface area contributed by atoms with E-state index in [-0.39, 0.29) is 0 Å². The fourth-order valence-electron chi connectivity index (χ4n) is 2.59. The Labute approximate surface area is 119 Å². The van der Waals surface area contributed by atoms with Crippen molar-refractivity contribution in [3.63, 3.8) is 0 Å². The number of nitrogens with one attached hydrogen (secondary N) is 1. The summed E-state index contributed by atoms with van der Waals surface area (Å²) in [4.78, 5) is 3.93. The number of aliphatic hydroxyl groups is 1. The van der Waals surface area contributed by atoms with Crippen molar-refractivity contribution in [1.29, 1.82) is 0 Å². The number of ether oxygens (including phenoxy) is 1. The van der Waals surface area contributed by atoms with E-state index in [2.05, 4.69) is 26.9 Å². The smallest absolute Gasteiger partial charge is 0.213 e. The molecule has 0 aliphatic heterocycles. The molecule has 1 fully saturated rings. The molecule has 6 nitrogen and oxygen atoms in total. The van der Waals surface area contributed by atoms with Gasteiger partial charge in [-0.2, -0.15) is 4.98 Å². The highest BCUT2D eigenvalue weighted by Crippen LogP contribution is 2.26. The topological polar surface area (TPSA) is 80.4 Å². The largest absolute Gasteiger partial charge is 0.389 e. The van der Waals surface area contributed by atoms with Crippen molar-refractivity contribution in [3.8, 4) is 0 Å². The van der Waals surface area contributed by atoms with Gasteiger partial charge in [0.2, 0.25) is 6.39 Å². The molecule has 1 aromatic rings. The third-order valence-corrected chi connectivity index (χ3v) is 3.85. The molecular formula is C14H25N3O3. The van der Waals surface area contributed by atoms with Crippen molar-refractivity contribution in [1.82, 2.24) is 15.5 Å². The third kappa shape index (κ3) is 5.19. The van der Waals surface area contributed by atoms with Crippen molar-refractivity contribution in [2.75, 3.05) is 19.7 Å². The summed E-state index contributed by atoms with van der Waals surface area (Å²) in [5.74, 6) is 1.29. The molecule has 0 spiro atoms. The summed E-state index contributed by atoms with van der Waals surface area (Å²) in [5, 5.41) is 16.8. The summed E-state index contributed by atoms with van der Waals surface area (Å²) in [7, 11) is 0. The summed E-state index contributed by atoms with van der Waals surface area (Å²) in [6.45, 7) is 3.89. The highest BCUT2D eigenvalue weighted by atomic mass is 16.5. The summed E-state index contributed by atoms with van der Waals surface area (Å²) in [6, 6.07) is 0. The van der Waals surface area contributed by atoms with E-state index in [0.29, 0.717) is 37.4 Å². The Balaban J connectivity index is 1.52. The second kappa shape index (κ2) is 8.34. The van der Waals surface area contributed by atoms with Gasteiger partial charge in [-0.05, 0) is 18.8 Å². The van der Waals surface area contributed by atoms with E-state index in [1.54, 1.807) is 0 Å². The van der Waals surface area contributed by atoms with E-state index in [4.69, 9.17) is 4.74 Å². The predicted octanol–water partition coefficient (Wildman–Crippen LogP) is 1.16. The number of hydrogen-bond donors (Lipinski definition) is 2. The summed E-state index contributed by atoms with van der Waals surface area (Å²) in [5.41, 5.74) is 0. The minimum absolute atomic E-state index is 0.317. The summed E-state index contributed by atoms with van der Waals surface area (Å²) >= 11 is 0. The van der Waals surface area contributed by atoms with Gasteiger partial charge in [-0.3, -0.25) is 0 Å². The zero-order chi connectivity index (χ0) is 14.2. The van der Waals surface area contributed by atoms with Crippen molar-refractivity contribution in [3.05, 3.63) is 12.2 Å². The Kier molecular flexibility index (Phi) is 6.42. The van der Waals surface area contributed by atoms with Gasteiger partial charge in [0.15, 0.2) is 5.82 Å². The Morgan fingerprint density at radius 3 is 3.10 bits per heavy atom. The van der Waals surface area contributed by atoms with E-state index in [1.807, 2.05) is 0 Å². The molecule has 2 N–H and O–H groups in total. The lowest BCUT2D eigenvalue weighted by atomic mass is 9.88. The average Bonchev–Trinajstić information content (AvgIpc) is 2.96. The van der Waals surface area contributed by atoms with Crippen LogP contribution in [0.2, 0.25) is 0 Å². The first-order chi connectivity index (χ1) is 9.75. The Bertz CT molecular complexity index is 359. The van der Waals surface area contributed by atoms with E-state index < -0.39 is 6.10 Å². The van der Waals surface area contributed by atoms with Crippen LogP contribution in [0.15, 0.2) is 10.9 Å². The first kappa shape index (κ1) is 15.4. The van der Waals surface area contributed by atoms with Gasteiger partial charge < -0.3 is 19.7 Å². The molecule has 6 heteroatoms. The Morgan fingerprint density at radius 1 is 1.50 bits per heavy atom. The zero-order valence-corrected chi connectivity index (χ0v) is 12.1. The molecule has 1 aliphatic carbocycles. The third-order valence-electron chi connectivity index (χ3n) is 3.85. The van der Waals surface area contributed by atoms with Crippen LogP contribution in [0.4, 0.5) is 0 Å². The van der Waals surface area contributed by atoms with Crippen LogP contribution >= 0.6 is 0 Å². The zero-order valence-electron chi connectivity index (χ0n) is 12.1. The van der Waals surface area contributed by atoms with Crippen molar-refractivity contribution < 1.29 is 14.4 Å². The van der Waals surface area contributed by atoms with Crippen LogP contribution in [-0.4, -0.2) is 47.2 Å². The first-order valence-corrected chi connectivity index (χ1v) is 7.51. The Morgan fingerprint density at radius 2 is 2.35 bits per heavy atom. The maximum absolute atomic E-state index is 9.89. The lowest BCUT2D eigenvalue weighted by Crippen LogP contribution is -2.35. The summed E-state index contributed by atoms with van der Waals surface area (Å²) in [6.07, 6.45) is 6.79. The summed E-state index contributed by atoms with van der Waals surface area (Å²) < 4.78 is 10.5. The molecule has 2 rings (SSSR count). The molecule has 114 valence electrons. The number of hydrogen-bond acceptors (Lipinski definition) is 6. The van der Waals surface area contributed by atoms with E-state index in [0.717, 1.165) is 13.0 Å². The molecule has 0 amide bonds. The normalized spacial score (nSPS) is 24.7. The van der Waals surface area contributed by atoms with Crippen LogP contribution in [0.25, 0.3) is 0 Å². The van der Waals surface area contributed by atoms with Crippen molar-refractivity contribution >= 4 is 0 Å². The van der Waals surface area contributed by atoms with Gasteiger partial charge in [0.05, 0.1) is 18.8 Å². The van der Waals surface area contributed by atoms with Gasteiger partial charge in [-0.25, -0.2) is 0 Å². The predicted molar refractivity (Wildman–Crippen MR) is 74.3 cm³/mol. The van der Waals surface area contributed by atoms with Crippen LogP contribution in [0.5, 0.6) is 0 Å². The number of rotatable bonds is 8. The quantitative estimate of drug-likeness (QED) is 0.697. The number of aliphatic hydroxyl groups excluding tert-OH is 1. The molecular weight excluding hydrogens is 258 g/mol. The lowest BCUT2D eigenvalue weighted by Gasteiger charge is -2.29. The molecule has 0 saturated heterocycles. The molecule has 0 bridgehead atoms. The monoisotopic (exact) mass is 283 g/mol. The minimum atomic E-state index is -0.464. The molecule has 1 saturated carbocycles. The average molecular weight is 283 g/mol. The van der Waals surface area contributed by atoms with Crippen LogP contribution in [-0.2, 0) is 11.2 Å². The second-order valence-corrected chi connectivity index (χ2v) is 5.59. The fourth-order valence-corrected chi connectivity index (χ4v) is 2.59. The highest BCUT2D eigenvalue weighted by molar-refractivity contribution is 4.79. The van der Waals surface area contributed by atoms with Crippen LogP contribution in [0.3, 0.4) is 0 Å². The molecule has 0 aromatic carbocycles. The van der Waals surface area contributed by atoms with E-state index >= 15 is 0 Å². The fraction of sp³-hybridized carbons (Fsp3) is 0.857. The Hall–Kier alpha value is -0.980. The standard InChI is InChI=1S/C14H25N3O3/c1-11-4-2-3-5-13(11)19-9-12(18)8-15-7-6-14-16-10-20-17-14/h10-13,15,18H,2-9H2,1H3. The molecule has 20 heavy (non-hydrogen) atoms. The highest BCUT2D eigenvalue weighted by Gasteiger charge is 2.22. The minimum Gasteiger partial charge on any atom is -0.389 e. The maximum Gasteiger partial charge on any atom is 0.213 e. The van der Waals surface area contributed by atoms with Gasteiger partial charge in [-0.15, -0.1) is 0 Å². The van der Waals surface area contributed by atoms with Crippen molar-refractivity contribution in [2.45, 2.75) is 51.2 Å². The van der Waals surface area contributed by atoms with E-state index in [1.165, 1.54) is 25.7 Å². The number of nitrogens with zero attached hydrogens (tertiary/aromatic N) is 2. The molecule has 3 unspecified atom stereocenters. The molecule has 1 heterocycles. The van der Waals surface area contributed by atoms with Gasteiger partial charge in [0, 0.05) is 19.5 Å². The SMILES string of the molecule is CC1CCCCC1OCC(O)CNCCc1ncon1. The molecule has 3 atom stereocenters. The number of aromatic nitrogens is 2. The molecule has 1 aromatic heterocycles. The van der Waals surface area contributed by atoms with Crippen LogP contribution in [0.1, 0.15) is 38.4 Å². The first-order valence-electron chi connectivity index (χ1n) is 7.51. The van der Waals surface area contributed by atoms with Gasteiger partial charge in [-0.1, -0.05) is 24.9 Å². The van der Waals surface area contributed by atoms with Crippen LogP contribution < -0.4 is 5.32 Å². The second-order valence-electron chi connectivity index (χ2n) is 5.59. The van der Waals surface area contributed by atoms with Gasteiger partial charge >= 0.3 is 0 Å². The van der Waals surface area contributed by atoms with Crippen LogP contribution in [0, 0.1) is 5.92 Å². The van der Waals surface area contributed by atoms with E-state index in [9.17, 15) is 5.11 Å². The molecule has 1 aliphatic rings. The van der Waals surface area contributed by atoms with Crippen molar-refractivity contribution in [2.24, 2.45) is 5.92 Å². The molecule has 0 radical (unpaired) electrons. The van der Waals surface area contributed by atoms with Gasteiger partial charge in [0.1, 0.15) is 0 Å².